The zero-order chi connectivity index (χ0) is 14.6. The fourth-order valence-electron chi connectivity index (χ4n) is 2.67. The van der Waals surface area contributed by atoms with Gasteiger partial charge in [-0.2, -0.15) is 4.31 Å². The van der Waals surface area contributed by atoms with Gasteiger partial charge in [0.05, 0.1) is 4.90 Å². The zero-order valence-electron chi connectivity index (χ0n) is 11.5. The van der Waals surface area contributed by atoms with Crippen LogP contribution in [-0.4, -0.2) is 37.0 Å². The molecule has 1 atom stereocenters. The number of aliphatic hydroxyl groups is 1. The van der Waals surface area contributed by atoms with Gasteiger partial charge in [-0.3, -0.25) is 0 Å². The quantitative estimate of drug-likeness (QED) is 0.823. The Bertz CT molecular complexity index is 528. The highest BCUT2D eigenvalue weighted by Gasteiger charge is 2.34. The Morgan fingerprint density at radius 3 is 2.60 bits per heavy atom. The van der Waals surface area contributed by atoms with Crippen LogP contribution in [0, 0.1) is 0 Å². The number of rotatable bonds is 6. The molecule has 1 aromatic rings. The molecule has 1 saturated heterocycles. The van der Waals surface area contributed by atoms with E-state index >= 15 is 0 Å². The molecule has 0 saturated carbocycles. The Morgan fingerprint density at radius 2 is 2.00 bits per heavy atom. The molecule has 0 aliphatic carbocycles. The predicted molar refractivity (Wildman–Crippen MR) is 77.6 cm³/mol. The first-order valence-corrected chi connectivity index (χ1v) is 8.45. The van der Waals surface area contributed by atoms with Crippen LogP contribution >= 0.6 is 0 Å². The van der Waals surface area contributed by atoms with Gasteiger partial charge in [0, 0.05) is 25.7 Å². The van der Waals surface area contributed by atoms with Crippen molar-refractivity contribution in [3.63, 3.8) is 0 Å². The van der Waals surface area contributed by atoms with Crippen LogP contribution in [0.5, 0.6) is 0 Å². The van der Waals surface area contributed by atoms with Gasteiger partial charge in [-0.05, 0) is 43.4 Å². The van der Waals surface area contributed by atoms with E-state index in [9.17, 15) is 8.42 Å². The monoisotopic (exact) mass is 298 g/mol. The summed E-state index contributed by atoms with van der Waals surface area (Å²) in [4.78, 5) is 0.325. The summed E-state index contributed by atoms with van der Waals surface area (Å²) >= 11 is 0. The van der Waals surface area contributed by atoms with E-state index in [2.05, 4.69) is 0 Å². The summed E-state index contributed by atoms with van der Waals surface area (Å²) in [5.41, 5.74) is 6.44. The molecule has 0 aromatic heterocycles. The number of hydrogen-bond donors (Lipinski definition) is 2. The second-order valence-corrected chi connectivity index (χ2v) is 7.02. The van der Waals surface area contributed by atoms with E-state index in [0.717, 1.165) is 24.8 Å². The van der Waals surface area contributed by atoms with E-state index in [1.807, 2.05) is 0 Å². The normalized spacial score (nSPS) is 20.4. The summed E-state index contributed by atoms with van der Waals surface area (Å²) < 4.78 is 26.9. The Balaban J connectivity index is 2.19. The van der Waals surface area contributed by atoms with Crippen LogP contribution in [0.2, 0.25) is 0 Å². The first kappa shape index (κ1) is 15.4. The highest BCUT2D eigenvalue weighted by atomic mass is 32.2. The first-order chi connectivity index (χ1) is 9.59. The fraction of sp³-hybridized carbons (Fsp3) is 0.571. The lowest BCUT2D eigenvalue weighted by Crippen LogP contribution is -2.35. The van der Waals surface area contributed by atoms with Crippen molar-refractivity contribution in [2.75, 3.05) is 13.2 Å². The Morgan fingerprint density at radius 1 is 1.30 bits per heavy atom. The van der Waals surface area contributed by atoms with E-state index in [-0.39, 0.29) is 12.6 Å². The number of aliphatic hydroxyl groups excluding tert-OH is 1. The van der Waals surface area contributed by atoms with Crippen LogP contribution in [0.15, 0.2) is 29.2 Å². The van der Waals surface area contributed by atoms with Crippen LogP contribution in [0.1, 0.15) is 31.2 Å². The van der Waals surface area contributed by atoms with Crippen LogP contribution < -0.4 is 5.73 Å². The molecule has 2 rings (SSSR count). The summed E-state index contributed by atoms with van der Waals surface area (Å²) in [6.45, 7) is 1.08. The van der Waals surface area contributed by atoms with Crippen molar-refractivity contribution in [1.29, 1.82) is 0 Å². The fourth-order valence-corrected chi connectivity index (χ4v) is 4.40. The lowest BCUT2D eigenvalue weighted by molar-refractivity contribution is 0.264. The minimum absolute atomic E-state index is 0.0151. The maximum Gasteiger partial charge on any atom is 0.243 e. The Kier molecular flexibility index (Phi) is 5.15. The van der Waals surface area contributed by atoms with Crippen LogP contribution in [0.3, 0.4) is 0 Å². The van der Waals surface area contributed by atoms with E-state index in [1.165, 1.54) is 0 Å². The highest BCUT2D eigenvalue weighted by molar-refractivity contribution is 7.89. The number of nitrogens with two attached hydrogens (primary N) is 1. The SMILES string of the molecule is NCc1ccc(S(=O)(=O)N2CCCC2CCCO)cc1. The average molecular weight is 298 g/mol. The van der Waals surface area contributed by atoms with Crippen molar-refractivity contribution in [2.24, 2.45) is 5.73 Å². The van der Waals surface area contributed by atoms with Gasteiger partial charge >= 0.3 is 0 Å². The molecule has 0 amide bonds. The zero-order valence-corrected chi connectivity index (χ0v) is 12.3. The summed E-state index contributed by atoms with van der Waals surface area (Å²) in [7, 11) is -3.43. The van der Waals surface area contributed by atoms with Gasteiger partial charge in [-0.25, -0.2) is 8.42 Å². The molecule has 1 heterocycles. The van der Waals surface area contributed by atoms with Gasteiger partial charge in [0.1, 0.15) is 0 Å². The molecule has 1 aliphatic rings. The van der Waals surface area contributed by atoms with Crippen molar-refractivity contribution in [1.82, 2.24) is 4.31 Å². The Labute approximate surface area is 120 Å². The lowest BCUT2D eigenvalue weighted by Gasteiger charge is -2.24. The molecule has 3 N–H and O–H groups in total. The molecule has 1 unspecified atom stereocenters. The number of benzene rings is 1. The molecule has 6 heteroatoms. The second kappa shape index (κ2) is 6.67. The number of sulfonamides is 1. The van der Waals surface area contributed by atoms with Crippen molar-refractivity contribution >= 4 is 10.0 Å². The molecule has 1 aromatic carbocycles. The Hall–Kier alpha value is -0.950. The van der Waals surface area contributed by atoms with Gasteiger partial charge in [-0.15, -0.1) is 0 Å². The third-order valence-electron chi connectivity index (χ3n) is 3.78. The third-order valence-corrected chi connectivity index (χ3v) is 5.75. The summed E-state index contributed by atoms with van der Waals surface area (Å²) in [6.07, 6.45) is 3.12. The van der Waals surface area contributed by atoms with Gasteiger partial charge in [0.2, 0.25) is 10.0 Å². The van der Waals surface area contributed by atoms with Crippen LogP contribution in [-0.2, 0) is 16.6 Å². The van der Waals surface area contributed by atoms with Crippen molar-refractivity contribution in [3.05, 3.63) is 29.8 Å². The lowest BCUT2D eigenvalue weighted by atomic mass is 10.1. The van der Waals surface area contributed by atoms with Crippen LogP contribution in [0.25, 0.3) is 0 Å². The van der Waals surface area contributed by atoms with Gasteiger partial charge in [0.15, 0.2) is 0 Å². The van der Waals surface area contributed by atoms with Crippen molar-refractivity contribution in [2.45, 2.75) is 43.2 Å². The molecule has 0 bridgehead atoms. The number of hydrogen-bond acceptors (Lipinski definition) is 4. The molecular formula is C14H22N2O3S. The van der Waals surface area contributed by atoms with Crippen LogP contribution in [0.4, 0.5) is 0 Å². The summed E-state index contributed by atoms with van der Waals surface area (Å²) in [5, 5.41) is 8.91. The summed E-state index contributed by atoms with van der Waals surface area (Å²) in [5.74, 6) is 0. The molecule has 1 aliphatic heterocycles. The first-order valence-electron chi connectivity index (χ1n) is 7.01. The molecular weight excluding hydrogens is 276 g/mol. The van der Waals surface area contributed by atoms with E-state index in [0.29, 0.717) is 24.4 Å². The number of nitrogens with zero attached hydrogens (tertiary/aromatic N) is 1. The largest absolute Gasteiger partial charge is 0.396 e. The maximum absolute atomic E-state index is 12.6. The van der Waals surface area contributed by atoms with Gasteiger partial charge < -0.3 is 10.8 Å². The van der Waals surface area contributed by atoms with Gasteiger partial charge in [-0.1, -0.05) is 12.1 Å². The highest BCUT2D eigenvalue weighted by Crippen LogP contribution is 2.28. The standard InChI is InChI=1S/C14H22N2O3S/c15-11-12-5-7-14(8-6-12)20(18,19)16-9-1-3-13(16)4-2-10-17/h5-8,13,17H,1-4,9-11,15H2. The summed E-state index contributed by atoms with van der Waals surface area (Å²) in [6, 6.07) is 6.77. The van der Waals surface area contributed by atoms with E-state index in [1.54, 1.807) is 28.6 Å². The van der Waals surface area contributed by atoms with E-state index in [4.69, 9.17) is 10.8 Å². The molecule has 0 spiro atoms. The van der Waals surface area contributed by atoms with Crippen molar-refractivity contribution in [3.8, 4) is 0 Å². The van der Waals surface area contributed by atoms with Gasteiger partial charge in [0.25, 0.3) is 0 Å². The third kappa shape index (κ3) is 3.20. The molecule has 0 radical (unpaired) electrons. The average Bonchev–Trinajstić information content (AvgIpc) is 2.94. The van der Waals surface area contributed by atoms with E-state index < -0.39 is 10.0 Å². The minimum Gasteiger partial charge on any atom is -0.396 e. The minimum atomic E-state index is -3.43. The second-order valence-electron chi connectivity index (χ2n) is 5.13. The van der Waals surface area contributed by atoms with Crippen molar-refractivity contribution < 1.29 is 13.5 Å². The molecule has 112 valence electrons. The molecule has 1 fully saturated rings. The smallest absolute Gasteiger partial charge is 0.243 e. The molecule has 20 heavy (non-hydrogen) atoms. The molecule has 5 nitrogen and oxygen atoms in total. The maximum atomic E-state index is 12.6. The topological polar surface area (TPSA) is 83.6 Å². The predicted octanol–water partition coefficient (Wildman–Crippen LogP) is 1.07.